The van der Waals surface area contributed by atoms with E-state index in [0.717, 1.165) is 18.5 Å². The number of hydrogen-bond acceptors (Lipinski definition) is 3. The maximum Gasteiger partial charge on any atom is 0.323 e. The van der Waals surface area contributed by atoms with Crippen molar-refractivity contribution < 1.29 is 9.53 Å². The molecule has 0 spiro atoms. The van der Waals surface area contributed by atoms with E-state index in [-0.39, 0.29) is 30.5 Å². The van der Waals surface area contributed by atoms with Crippen LogP contribution in [-0.4, -0.2) is 18.6 Å². The number of benzene rings is 1. The van der Waals surface area contributed by atoms with E-state index in [1.54, 1.807) is 0 Å². The lowest BCUT2D eigenvalue weighted by molar-refractivity contribution is -0.143. The first kappa shape index (κ1) is 15.3. The molecule has 1 fully saturated rings. The van der Waals surface area contributed by atoms with Gasteiger partial charge >= 0.3 is 5.97 Å². The van der Waals surface area contributed by atoms with Crippen molar-refractivity contribution in [3.63, 3.8) is 0 Å². The number of cyclic esters (lactones) is 1. The summed E-state index contributed by atoms with van der Waals surface area (Å²) in [5, 5.41) is 3.88. The van der Waals surface area contributed by atoms with Crippen LogP contribution in [0.2, 0.25) is 5.02 Å². The Balaban J connectivity index is 0.00000162. The minimum Gasteiger partial charge on any atom is -0.456 e. The van der Waals surface area contributed by atoms with E-state index >= 15 is 0 Å². The first-order chi connectivity index (χ1) is 8.20. The van der Waals surface area contributed by atoms with Gasteiger partial charge in [-0.25, -0.2) is 0 Å². The Morgan fingerprint density at radius 2 is 2.06 bits per heavy atom. The molecule has 0 saturated carbocycles. The molecule has 3 nitrogen and oxygen atoms in total. The van der Waals surface area contributed by atoms with Crippen molar-refractivity contribution in [1.29, 1.82) is 0 Å². The van der Waals surface area contributed by atoms with Gasteiger partial charge in [-0.1, -0.05) is 30.7 Å². The van der Waals surface area contributed by atoms with Crippen molar-refractivity contribution >= 4 is 30.0 Å². The van der Waals surface area contributed by atoms with Gasteiger partial charge in [0.15, 0.2) is 0 Å². The van der Waals surface area contributed by atoms with E-state index in [2.05, 4.69) is 12.2 Å². The lowest BCUT2D eigenvalue weighted by Gasteiger charge is -2.09. The van der Waals surface area contributed by atoms with Crippen LogP contribution in [0.4, 0.5) is 0 Å². The maximum atomic E-state index is 11.6. The molecule has 1 aromatic rings. The maximum absolute atomic E-state index is 11.6. The monoisotopic (exact) mass is 289 g/mol. The lowest BCUT2D eigenvalue weighted by atomic mass is 10.0. The van der Waals surface area contributed by atoms with E-state index in [0.29, 0.717) is 11.4 Å². The molecule has 2 rings (SSSR count). The van der Waals surface area contributed by atoms with Crippen LogP contribution in [0.1, 0.15) is 31.4 Å². The predicted octanol–water partition coefficient (Wildman–Crippen LogP) is 3.12. The molecule has 1 saturated heterocycles. The molecule has 1 N–H and O–H groups in total. The second-order valence-electron chi connectivity index (χ2n) is 4.22. The summed E-state index contributed by atoms with van der Waals surface area (Å²) in [5.41, 5.74) is 1.00. The summed E-state index contributed by atoms with van der Waals surface area (Å²) in [5.74, 6) is -0.154. The van der Waals surface area contributed by atoms with Gasteiger partial charge in [0, 0.05) is 11.4 Å². The summed E-state index contributed by atoms with van der Waals surface area (Å²) in [6, 6.07) is 7.27. The van der Waals surface area contributed by atoms with E-state index in [1.807, 2.05) is 24.3 Å². The fourth-order valence-electron chi connectivity index (χ4n) is 1.95. The van der Waals surface area contributed by atoms with Crippen LogP contribution in [-0.2, 0) is 9.53 Å². The molecule has 2 atom stereocenters. The number of halogens is 2. The minimum atomic E-state index is -0.171. The zero-order valence-corrected chi connectivity index (χ0v) is 11.8. The zero-order chi connectivity index (χ0) is 12.3. The Labute approximate surface area is 118 Å². The van der Waals surface area contributed by atoms with Gasteiger partial charge in [0.25, 0.3) is 0 Å². The third-order valence-electron chi connectivity index (χ3n) is 2.88. The molecule has 0 aromatic heterocycles. The van der Waals surface area contributed by atoms with Gasteiger partial charge in [0.2, 0.25) is 0 Å². The number of ether oxygens (including phenoxy) is 1. The predicted molar refractivity (Wildman–Crippen MR) is 74.2 cm³/mol. The van der Waals surface area contributed by atoms with Gasteiger partial charge in [0.1, 0.15) is 12.1 Å². The number of esters is 1. The minimum absolute atomic E-state index is 0. The fraction of sp³-hybridized carbons (Fsp3) is 0.462. The van der Waals surface area contributed by atoms with Gasteiger partial charge in [-0.2, -0.15) is 0 Å². The average Bonchev–Trinajstić information content (AvgIpc) is 2.69. The number of carbonyl (C=O) groups is 1. The third-order valence-corrected chi connectivity index (χ3v) is 3.13. The molecular weight excluding hydrogens is 273 g/mol. The molecule has 0 bridgehead atoms. The highest BCUT2D eigenvalue weighted by Crippen LogP contribution is 2.30. The van der Waals surface area contributed by atoms with E-state index in [9.17, 15) is 4.79 Å². The Hall–Kier alpha value is -0.770. The molecule has 1 heterocycles. The zero-order valence-electron chi connectivity index (χ0n) is 10.2. The molecule has 1 aromatic carbocycles. The van der Waals surface area contributed by atoms with Crippen molar-refractivity contribution in [2.45, 2.75) is 31.9 Å². The molecular formula is C13H17Cl2NO2. The largest absolute Gasteiger partial charge is 0.456 e. The second-order valence-corrected chi connectivity index (χ2v) is 4.66. The van der Waals surface area contributed by atoms with Crippen LogP contribution in [0.15, 0.2) is 24.3 Å². The van der Waals surface area contributed by atoms with Crippen LogP contribution >= 0.6 is 24.0 Å². The van der Waals surface area contributed by atoms with Crippen molar-refractivity contribution in [1.82, 2.24) is 5.32 Å². The molecule has 100 valence electrons. The molecule has 1 aliphatic rings. The smallest absolute Gasteiger partial charge is 0.323 e. The molecule has 18 heavy (non-hydrogen) atoms. The van der Waals surface area contributed by atoms with Crippen LogP contribution in [0.25, 0.3) is 0 Å². The Morgan fingerprint density at radius 3 is 2.67 bits per heavy atom. The van der Waals surface area contributed by atoms with E-state index in [4.69, 9.17) is 16.3 Å². The third kappa shape index (κ3) is 3.61. The normalized spacial score (nSPS) is 22.4. The van der Waals surface area contributed by atoms with Gasteiger partial charge in [0.05, 0.1) is 0 Å². The molecule has 0 radical (unpaired) electrons. The van der Waals surface area contributed by atoms with Crippen LogP contribution < -0.4 is 5.32 Å². The first-order valence-corrected chi connectivity index (χ1v) is 6.28. The number of rotatable bonds is 4. The van der Waals surface area contributed by atoms with Crippen LogP contribution in [0, 0.1) is 0 Å². The molecule has 0 aliphatic carbocycles. The molecule has 1 aliphatic heterocycles. The van der Waals surface area contributed by atoms with Crippen LogP contribution in [0.3, 0.4) is 0 Å². The number of nitrogens with one attached hydrogen (secondary N) is 1. The van der Waals surface area contributed by atoms with E-state index < -0.39 is 0 Å². The second kappa shape index (κ2) is 6.98. The Kier molecular flexibility index (Phi) is 5.93. The molecule has 0 amide bonds. The van der Waals surface area contributed by atoms with Gasteiger partial charge < -0.3 is 10.1 Å². The van der Waals surface area contributed by atoms with Gasteiger partial charge in [-0.15, -0.1) is 12.4 Å². The highest BCUT2D eigenvalue weighted by atomic mass is 35.5. The van der Waals surface area contributed by atoms with Crippen molar-refractivity contribution in [2.75, 3.05) is 6.54 Å². The van der Waals surface area contributed by atoms with Crippen molar-refractivity contribution in [3.05, 3.63) is 34.9 Å². The summed E-state index contributed by atoms with van der Waals surface area (Å²) in [6.07, 6.45) is 1.56. The summed E-state index contributed by atoms with van der Waals surface area (Å²) >= 11 is 5.82. The summed E-state index contributed by atoms with van der Waals surface area (Å²) < 4.78 is 5.35. The molecule has 5 heteroatoms. The highest BCUT2D eigenvalue weighted by molar-refractivity contribution is 6.30. The van der Waals surface area contributed by atoms with Crippen molar-refractivity contribution in [2.24, 2.45) is 0 Å². The average molecular weight is 290 g/mol. The van der Waals surface area contributed by atoms with E-state index in [1.165, 1.54) is 0 Å². The quantitative estimate of drug-likeness (QED) is 0.866. The highest BCUT2D eigenvalue weighted by Gasteiger charge is 2.34. The SMILES string of the molecule is CCCNC1CC(c2ccc(Cl)cc2)OC1=O.Cl. The van der Waals surface area contributed by atoms with Crippen molar-refractivity contribution in [3.8, 4) is 0 Å². The Morgan fingerprint density at radius 1 is 1.39 bits per heavy atom. The summed E-state index contributed by atoms with van der Waals surface area (Å²) in [4.78, 5) is 11.6. The van der Waals surface area contributed by atoms with Crippen LogP contribution in [0.5, 0.6) is 0 Å². The topological polar surface area (TPSA) is 38.3 Å². The fourth-order valence-corrected chi connectivity index (χ4v) is 2.07. The summed E-state index contributed by atoms with van der Waals surface area (Å²) in [6.45, 7) is 2.91. The van der Waals surface area contributed by atoms with Gasteiger partial charge in [-0.3, -0.25) is 4.79 Å². The van der Waals surface area contributed by atoms with Gasteiger partial charge in [-0.05, 0) is 30.7 Å². The Bertz CT molecular complexity index is 394. The first-order valence-electron chi connectivity index (χ1n) is 5.90. The number of hydrogen-bond donors (Lipinski definition) is 1. The lowest BCUT2D eigenvalue weighted by Crippen LogP contribution is -2.33. The molecule has 2 unspecified atom stereocenters. The standard InChI is InChI=1S/C13H16ClNO2.ClH/c1-2-7-15-11-8-12(17-13(11)16)9-3-5-10(14)6-4-9;/h3-6,11-12,15H,2,7-8H2,1H3;1H. The summed E-state index contributed by atoms with van der Waals surface area (Å²) in [7, 11) is 0. The number of carbonyl (C=O) groups excluding carboxylic acids is 1.